The molecule has 1 aliphatic carbocycles. The van der Waals surface area contributed by atoms with Crippen molar-refractivity contribution in [2.24, 2.45) is 5.92 Å². The molecule has 4 aliphatic rings. The van der Waals surface area contributed by atoms with Crippen LogP contribution in [0.25, 0.3) is 11.1 Å². The van der Waals surface area contributed by atoms with E-state index >= 15 is 0 Å². The quantitative estimate of drug-likeness (QED) is 0.405. The van der Waals surface area contributed by atoms with E-state index in [1.54, 1.807) is 6.07 Å². The summed E-state index contributed by atoms with van der Waals surface area (Å²) in [7, 11) is 0. The van der Waals surface area contributed by atoms with Crippen LogP contribution in [0.5, 0.6) is 11.5 Å². The van der Waals surface area contributed by atoms with Crippen molar-refractivity contribution in [3.05, 3.63) is 83.4 Å². The third-order valence-electron chi connectivity index (χ3n) is 8.55. The molecule has 2 saturated heterocycles. The van der Waals surface area contributed by atoms with Crippen molar-refractivity contribution < 1.29 is 23.8 Å². The number of piperidine rings is 2. The molecule has 6 nitrogen and oxygen atoms in total. The Labute approximate surface area is 216 Å². The van der Waals surface area contributed by atoms with Crippen LogP contribution in [0.3, 0.4) is 0 Å². The minimum Gasteiger partial charge on any atom is -0.454 e. The predicted molar refractivity (Wildman–Crippen MR) is 138 cm³/mol. The first-order valence-corrected chi connectivity index (χ1v) is 13.2. The summed E-state index contributed by atoms with van der Waals surface area (Å²) in [6, 6.07) is 22.2. The number of carbonyl (C=O) groups excluding carboxylic acids is 2. The Morgan fingerprint density at radius 2 is 1.49 bits per heavy atom. The largest absolute Gasteiger partial charge is 0.454 e. The van der Waals surface area contributed by atoms with Gasteiger partial charge < -0.3 is 19.1 Å². The highest BCUT2D eigenvalue weighted by Gasteiger charge is 2.44. The number of hydrogen-bond acceptors (Lipinski definition) is 5. The van der Waals surface area contributed by atoms with Gasteiger partial charge in [0.25, 0.3) is 0 Å². The molecule has 7 rings (SSSR count). The molecule has 2 fully saturated rings. The number of nitrogens with zero attached hydrogens (tertiary/aromatic N) is 1. The molecule has 0 aromatic heterocycles. The van der Waals surface area contributed by atoms with E-state index in [2.05, 4.69) is 36.4 Å². The van der Waals surface area contributed by atoms with Crippen molar-refractivity contribution in [1.29, 1.82) is 0 Å². The van der Waals surface area contributed by atoms with Gasteiger partial charge in [0.1, 0.15) is 6.61 Å². The van der Waals surface area contributed by atoms with Crippen LogP contribution in [-0.4, -0.2) is 42.3 Å². The van der Waals surface area contributed by atoms with Gasteiger partial charge in [0.2, 0.25) is 6.79 Å². The highest BCUT2D eigenvalue weighted by molar-refractivity contribution is 5.98. The zero-order valence-electron chi connectivity index (χ0n) is 20.6. The van der Waals surface area contributed by atoms with Gasteiger partial charge in [-0.3, -0.25) is 4.79 Å². The number of Topliss-reactive ketones (excluding diaryl/α,β-unsaturated/α-hetero) is 1. The van der Waals surface area contributed by atoms with E-state index in [0.29, 0.717) is 36.5 Å². The minimum absolute atomic E-state index is 0.0334. The highest BCUT2D eigenvalue weighted by Crippen LogP contribution is 2.45. The lowest BCUT2D eigenvalue weighted by molar-refractivity contribution is 0.00651. The van der Waals surface area contributed by atoms with Crippen LogP contribution in [0.4, 0.5) is 4.79 Å². The van der Waals surface area contributed by atoms with Gasteiger partial charge in [-0.15, -0.1) is 0 Å². The molecule has 3 aromatic carbocycles. The summed E-state index contributed by atoms with van der Waals surface area (Å²) >= 11 is 0. The van der Waals surface area contributed by atoms with E-state index in [0.717, 1.165) is 19.3 Å². The molecule has 2 atom stereocenters. The Hall–Kier alpha value is -3.80. The van der Waals surface area contributed by atoms with Gasteiger partial charge in [0.05, 0.1) is 0 Å². The fourth-order valence-corrected chi connectivity index (χ4v) is 6.85. The zero-order chi connectivity index (χ0) is 24.9. The second-order valence-electron chi connectivity index (χ2n) is 10.6. The van der Waals surface area contributed by atoms with Crippen molar-refractivity contribution in [3.63, 3.8) is 0 Å². The van der Waals surface area contributed by atoms with Crippen molar-refractivity contribution >= 4 is 11.9 Å². The Balaban J connectivity index is 1.06. The number of rotatable bonds is 4. The van der Waals surface area contributed by atoms with Crippen LogP contribution >= 0.6 is 0 Å². The summed E-state index contributed by atoms with van der Waals surface area (Å²) in [6.07, 6.45) is 4.00. The number of hydrogen-bond donors (Lipinski definition) is 0. The van der Waals surface area contributed by atoms with Crippen LogP contribution < -0.4 is 9.47 Å². The molecule has 0 saturated carbocycles. The molecule has 0 radical (unpaired) electrons. The Morgan fingerprint density at radius 3 is 2.19 bits per heavy atom. The number of benzene rings is 3. The van der Waals surface area contributed by atoms with E-state index < -0.39 is 0 Å². The average molecular weight is 496 g/mol. The van der Waals surface area contributed by atoms with Crippen molar-refractivity contribution in [1.82, 2.24) is 4.90 Å². The molecule has 0 spiro atoms. The summed E-state index contributed by atoms with van der Waals surface area (Å²) in [5.41, 5.74) is 5.52. The molecule has 2 unspecified atom stereocenters. The molecule has 188 valence electrons. The Kier molecular flexibility index (Phi) is 5.41. The maximum Gasteiger partial charge on any atom is 0.410 e. The Bertz CT molecular complexity index is 1320. The summed E-state index contributed by atoms with van der Waals surface area (Å²) in [6.45, 7) is 0.512. The second kappa shape index (κ2) is 8.94. The van der Waals surface area contributed by atoms with Crippen LogP contribution in [0.15, 0.2) is 66.7 Å². The standard InChI is InChI=1S/C31H29NO5/c33-30(19-12-13-28-29(16-19)37-18-36-28)20-14-21-6-5-7-22(15-20)32(21)31(34)35-17-27-25-10-3-1-8-23(25)24-9-2-4-11-26(24)27/h1-4,8-13,16,20-22,27H,5-7,14-15,17-18H2. The molecule has 3 aromatic rings. The van der Waals surface area contributed by atoms with E-state index in [9.17, 15) is 9.59 Å². The summed E-state index contributed by atoms with van der Waals surface area (Å²) in [5, 5.41) is 0. The predicted octanol–water partition coefficient (Wildman–Crippen LogP) is 6.18. The Morgan fingerprint density at radius 1 is 0.838 bits per heavy atom. The van der Waals surface area contributed by atoms with Crippen LogP contribution in [-0.2, 0) is 4.74 Å². The molecular weight excluding hydrogens is 466 g/mol. The molecule has 6 heteroatoms. The van der Waals surface area contributed by atoms with Gasteiger partial charge in [0.15, 0.2) is 17.3 Å². The number of ketones is 1. The number of ether oxygens (including phenoxy) is 3. The summed E-state index contributed by atoms with van der Waals surface area (Å²) in [4.78, 5) is 28.8. The van der Waals surface area contributed by atoms with Crippen LogP contribution in [0.2, 0.25) is 0 Å². The molecule has 0 N–H and O–H groups in total. The monoisotopic (exact) mass is 495 g/mol. The summed E-state index contributed by atoms with van der Waals surface area (Å²) < 4.78 is 16.9. The molecule has 37 heavy (non-hydrogen) atoms. The molecule has 1 amide bonds. The zero-order valence-corrected chi connectivity index (χ0v) is 20.6. The molecule has 3 aliphatic heterocycles. The van der Waals surface area contributed by atoms with E-state index in [1.807, 2.05) is 29.2 Å². The van der Waals surface area contributed by atoms with Gasteiger partial charge in [-0.1, -0.05) is 48.5 Å². The van der Waals surface area contributed by atoms with Gasteiger partial charge in [-0.2, -0.15) is 0 Å². The number of carbonyl (C=O) groups is 2. The second-order valence-corrected chi connectivity index (χ2v) is 10.6. The topological polar surface area (TPSA) is 65.1 Å². The maximum absolute atomic E-state index is 13.5. The van der Waals surface area contributed by atoms with Gasteiger partial charge >= 0.3 is 6.09 Å². The molecule has 3 heterocycles. The van der Waals surface area contributed by atoms with Crippen LogP contribution in [0.1, 0.15) is 59.5 Å². The lowest BCUT2D eigenvalue weighted by atomic mass is 9.76. The SMILES string of the molecule is O=C(c1ccc2c(c1)OCO2)C1CC2CCCC(C1)N2C(=O)OCC1c2ccccc2-c2ccccc21. The van der Waals surface area contributed by atoms with Gasteiger partial charge in [0, 0.05) is 29.5 Å². The third kappa shape index (κ3) is 3.78. The number of amides is 1. The van der Waals surface area contributed by atoms with E-state index in [4.69, 9.17) is 14.2 Å². The molecule has 2 bridgehead atoms. The highest BCUT2D eigenvalue weighted by atomic mass is 16.7. The fourth-order valence-electron chi connectivity index (χ4n) is 6.85. The molecular formula is C31H29NO5. The van der Waals surface area contributed by atoms with E-state index in [1.165, 1.54) is 22.3 Å². The maximum atomic E-state index is 13.5. The first-order chi connectivity index (χ1) is 18.2. The van der Waals surface area contributed by atoms with Gasteiger partial charge in [-0.05, 0) is 72.6 Å². The van der Waals surface area contributed by atoms with Crippen molar-refractivity contribution in [2.45, 2.75) is 50.1 Å². The van der Waals surface area contributed by atoms with E-state index in [-0.39, 0.29) is 42.6 Å². The first-order valence-electron chi connectivity index (χ1n) is 13.2. The third-order valence-corrected chi connectivity index (χ3v) is 8.55. The first kappa shape index (κ1) is 22.4. The fraction of sp³-hybridized carbons (Fsp3) is 0.355. The summed E-state index contributed by atoms with van der Waals surface area (Å²) in [5.74, 6) is 1.37. The lowest BCUT2D eigenvalue weighted by Crippen LogP contribution is -2.55. The lowest BCUT2D eigenvalue weighted by Gasteiger charge is -2.47. The minimum atomic E-state index is -0.245. The average Bonchev–Trinajstić information content (AvgIpc) is 3.53. The normalized spacial score (nSPS) is 23.4. The number of fused-ring (bicyclic) bond motifs is 6. The smallest absolute Gasteiger partial charge is 0.410 e. The van der Waals surface area contributed by atoms with Gasteiger partial charge in [-0.25, -0.2) is 4.79 Å². The van der Waals surface area contributed by atoms with Crippen molar-refractivity contribution in [2.75, 3.05) is 13.4 Å². The van der Waals surface area contributed by atoms with Crippen LogP contribution in [0, 0.1) is 5.92 Å². The van der Waals surface area contributed by atoms with Crippen molar-refractivity contribution in [3.8, 4) is 22.6 Å².